The fourth-order valence-corrected chi connectivity index (χ4v) is 3.77. The van der Waals surface area contributed by atoms with Crippen LogP contribution in [0, 0.1) is 9.49 Å². The molecule has 2 rings (SSSR count). The Bertz CT molecular complexity index is 598. The molecular weight excluding hydrogens is 431 g/mol. The minimum absolute atomic E-state index is 0.00157. The van der Waals surface area contributed by atoms with Gasteiger partial charge in [0, 0.05) is 26.3 Å². The highest BCUT2D eigenvalue weighted by Crippen LogP contribution is 2.40. The van der Waals surface area contributed by atoms with Crippen molar-refractivity contribution in [2.45, 2.75) is 51.5 Å². The molecule has 9 heteroatoms. The Hall–Kier alpha value is -0.870. The van der Waals surface area contributed by atoms with E-state index in [9.17, 15) is 22.4 Å². The number of esters is 1. The van der Waals surface area contributed by atoms with Gasteiger partial charge in [-0.15, -0.1) is 0 Å². The molecule has 23 heavy (non-hydrogen) atoms. The lowest BCUT2D eigenvalue weighted by Gasteiger charge is -2.13. The number of alkyl halides is 4. The molecule has 0 amide bonds. The third-order valence-electron chi connectivity index (χ3n) is 3.72. The Labute approximate surface area is 144 Å². The summed E-state index contributed by atoms with van der Waals surface area (Å²) in [5.41, 5.74) is -0.634. The summed E-state index contributed by atoms with van der Waals surface area (Å²) in [4.78, 5) is 12.0. The van der Waals surface area contributed by atoms with Crippen molar-refractivity contribution in [3.05, 3.63) is 15.0 Å². The van der Waals surface area contributed by atoms with Crippen LogP contribution in [0.1, 0.15) is 49.3 Å². The van der Waals surface area contributed by atoms with Crippen LogP contribution in [0.2, 0.25) is 0 Å². The van der Waals surface area contributed by atoms with Crippen LogP contribution >= 0.6 is 22.6 Å². The standard InChI is InChI=1S/C14H17F4IN2O2/c1-3-23-12(22)10-9(19)11(13(2,15)16)20-21(10)7-8-4-5-14(17,18)6-8/h8H,3-7H2,1-2H3. The van der Waals surface area contributed by atoms with Crippen LogP contribution in [0.25, 0.3) is 0 Å². The molecule has 0 saturated heterocycles. The van der Waals surface area contributed by atoms with E-state index in [0.29, 0.717) is 6.92 Å². The van der Waals surface area contributed by atoms with Crippen molar-refractivity contribution in [3.8, 4) is 0 Å². The third kappa shape index (κ3) is 4.16. The van der Waals surface area contributed by atoms with E-state index >= 15 is 0 Å². The van der Waals surface area contributed by atoms with Crippen LogP contribution in [0.5, 0.6) is 0 Å². The molecule has 0 bridgehead atoms. The van der Waals surface area contributed by atoms with Crippen LogP contribution in [-0.4, -0.2) is 28.3 Å². The first-order valence-corrected chi connectivity index (χ1v) is 8.32. The van der Waals surface area contributed by atoms with Gasteiger partial charge < -0.3 is 4.74 Å². The second-order valence-electron chi connectivity index (χ2n) is 5.77. The number of hydrogen-bond donors (Lipinski definition) is 0. The lowest BCUT2D eigenvalue weighted by Crippen LogP contribution is -2.19. The molecule has 1 aromatic rings. The lowest BCUT2D eigenvalue weighted by molar-refractivity contribution is 0.00342. The van der Waals surface area contributed by atoms with Gasteiger partial charge in [-0.25, -0.2) is 13.6 Å². The number of nitrogens with zero attached hydrogens (tertiary/aromatic N) is 2. The Morgan fingerprint density at radius 1 is 1.52 bits per heavy atom. The van der Waals surface area contributed by atoms with E-state index < -0.39 is 29.4 Å². The molecule has 4 nitrogen and oxygen atoms in total. The van der Waals surface area contributed by atoms with Crippen LogP contribution < -0.4 is 0 Å². The maximum atomic E-state index is 13.6. The molecule has 1 aliphatic carbocycles. The molecular formula is C14H17F4IN2O2. The maximum absolute atomic E-state index is 13.6. The van der Waals surface area contributed by atoms with Crippen molar-refractivity contribution in [1.29, 1.82) is 0 Å². The monoisotopic (exact) mass is 448 g/mol. The van der Waals surface area contributed by atoms with Crippen molar-refractivity contribution >= 4 is 28.6 Å². The predicted molar refractivity (Wildman–Crippen MR) is 82.8 cm³/mol. The van der Waals surface area contributed by atoms with E-state index in [1.165, 1.54) is 0 Å². The van der Waals surface area contributed by atoms with Crippen LogP contribution in [-0.2, 0) is 17.2 Å². The highest BCUT2D eigenvalue weighted by atomic mass is 127. The summed E-state index contributed by atoms with van der Waals surface area (Å²) >= 11 is 1.62. The van der Waals surface area contributed by atoms with Crippen molar-refractivity contribution in [3.63, 3.8) is 0 Å². The smallest absolute Gasteiger partial charge is 0.357 e. The van der Waals surface area contributed by atoms with Gasteiger partial charge in [0.25, 0.3) is 5.92 Å². The van der Waals surface area contributed by atoms with Crippen molar-refractivity contribution in [2.24, 2.45) is 5.92 Å². The zero-order chi connectivity index (χ0) is 17.4. The van der Waals surface area contributed by atoms with E-state index in [2.05, 4.69) is 5.10 Å². The summed E-state index contributed by atoms with van der Waals surface area (Å²) in [5.74, 6) is -7.16. The summed E-state index contributed by atoms with van der Waals surface area (Å²) in [5, 5.41) is 3.81. The summed E-state index contributed by atoms with van der Waals surface area (Å²) in [6, 6.07) is 0. The topological polar surface area (TPSA) is 44.1 Å². The predicted octanol–water partition coefficient (Wildman–Crippen LogP) is 4.21. The Morgan fingerprint density at radius 3 is 2.65 bits per heavy atom. The Balaban J connectivity index is 2.35. The quantitative estimate of drug-likeness (QED) is 0.385. The van der Waals surface area contributed by atoms with E-state index in [4.69, 9.17) is 4.74 Å². The van der Waals surface area contributed by atoms with Gasteiger partial charge in [-0.2, -0.15) is 13.9 Å². The molecule has 1 aliphatic rings. The van der Waals surface area contributed by atoms with Crippen molar-refractivity contribution < 1.29 is 27.1 Å². The number of carbonyl (C=O) groups is 1. The summed E-state index contributed by atoms with van der Waals surface area (Å²) < 4.78 is 59.9. The van der Waals surface area contributed by atoms with Crippen LogP contribution in [0.15, 0.2) is 0 Å². The fraction of sp³-hybridized carbons (Fsp3) is 0.714. The molecule has 0 N–H and O–H groups in total. The molecule has 1 fully saturated rings. The molecule has 0 aromatic carbocycles. The number of hydrogen-bond acceptors (Lipinski definition) is 3. The lowest BCUT2D eigenvalue weighted by atomic mass is 10.1. The molecule has 1 unspecified atom stereocenters. The maximum Gasteiger partial charge on any atom is 0.357 e. The minimum atomic E-state index is -3.23. The molecule has 130 valence electrons. The van der Waals surface area contributed by atoms with Crippen molar-refractivity contribution in [1.82, 2.24) is 9.78 Å². The Morgan fingerprint density at radius 2 is 2.17 bits per heavy atom. The molecule has 0 spiro atoms. The number of carbonyl (C=O) groups excluding carboxylic acids is 1. The van der Waals surface area contributed by atoms with Gasteiger partial charge in [0.05, 0.1) is 10.2 Å². The second kappa shape index (κ2) is 6.56. The van der Waals surface area contributed by atoms with Gasteiger partial charge in [0.1, 0.15) is 5.69 Å². The number of aromatic nitrogens is 2. The van der Waals surface area contributed by atoms with Gasteiger partial charge in [0.15, 0.2) is 5.69 Å². The zero-order valence-corrected chi connectivity index (χ0v) is 14.9. The zero-order valence-electron chi connectivity index (χ0n) is 12.7. The number of rotatable bonds is 5. The number of ether oxygens (including phenoxy) is 1. The first-order valence-electron chi connectivity index (χ1n) is 7.24. The first-order chi connectivity index (χ1) is 10.5. The second-order valence-corrected chi connectivity index (χ2v) is 6.85. The minimum Gasteiger partial charge on any atom is -0.461 e. The molecule has 0 radical (unpaired) electrons. The molecule has 0 aliphatic heterocycles. The molecule has 1 heterocycles. The van der Waals surface area contributed by atoms with E-state index in [0.717, 1.165) is 4.68 Å². The van der Waals surface area contributed by atoms with Gasteiger partial charge >= 0.3 is 5.97 Å². The SMILES string of the molecule is CCOC(=O)c1c(I)c(C(C)(F)F)nn1CC1CCC(F)(F)C1. The highest BCUT2D eigenvalue weighted by molar-refractivity contribution is 14.1. The summed E-state index contributed by atoms with van der Waals surface area (Å²) in [7, 11) is 0. The normalized spacial score (nSPS) is 20.7. The van der Waals surface area contributed by atoms with Gasteiger partial charge in [-0.05, 0) is 41.9 Å². The highest BCUT2D eigenvalue weighted by Gasteiger charge is 2.41. The van der Waals surface area contributed by atoms with Crippen LogP contribution in [0.3, 0.4) is 0 Å². The molecule has 1 saturated carbocycles. The van der Waals surface area contributed by atoms with Gasteiger partial charge in [0.2, 0.25) is 5.92 Å². The van der Waals surface area contributed by atoms with E-state index in [-0.39, 0.29) is 41.7 Å². The largest absolute Gasteiger partial charge is 0.461 e. The molecule has 1 aromatic heterocycles. The van der Waals surface area contributed by atoms with Crippen molar-refractivity contribution in [2.75, 3.05) is 6.61 Å². The number of halogens is 5. The average Bonchev–Trinajstić information content (AvgIpc) is 2.90. The van der Waals surface area contributed by atoms with Crippen LogP contribution in [0.4, 0.5) is 17.6 Å². The summed E-state index contributed by atoms with van der Waals surface area (Å²) in [6.45, 7) is 2.36. The van der Waals surface area contributed by atoms with E-state index in [1.807, 2.05) is 0 Å². The van der Waals surface area contributed by atoms with Gasteiger partial charge in [-0.3, -0.25) is 4.68 Å². The summed E-state index contributed by atoms with van der Waals surface area (Å²) in [6.07, 6.45) is -0.297. The molecule has 1 atom stereocenters. The van der Waals surface area contributed by atoms with Gasteiger partial charge in [-0.1, -0.05) is 0 Å². The third-order valence-corrected chi connectivity index (χ3v) is 4.74. The first kappa shape index (κ1) is 18.5. The fourth-order valence-electron chi connectivity index (χ4n) is 2.69. The Kier molecular flexibility index (Phi) is 5.27. The average molecular weight is 448 g/mol. The van der Waals surface area contributed by atoms with E-state index in [1.54, 1.807) is 29.5 Å².